The fourth-order valence-corrected chi connectivity index (χ4v) is 1.33. The highest BCUT2D eigenvalue weighted by atomic mass is 16.2. The Labute approximate surface area is 115 Å². The van der Waals surface area contributed by atoms with E-state index in [-0.39, 0.29) is 11.4 Å². The molecule has 0 aliphatic rings. The van der Waals surface area contributed by atoms with Crippen molar-refractivity contribution in [1.82, 2.24) is 5.32 Å². The Bertz CT molecular complexity index is 499. The maximum atomic E-state index is 11.8. The van der Waals surface area contributed by atoms with E-state index < -0.39 is 0 Å². The lowest BCUT2D eigenvalue weighted by molar-refractivity contribution is 0.255. The van der Waals surface area contributed by atoms with Crippen LogP contribution in [0.15, 0.2) is 30.0 Å². The molecular weight excluding hydrogens is 238 g/mol. The minimum absolute atomic E-state index is 0.0373. The molecule has 1 aromatic carbocycles. The Morgan fingerprint density at radius 1 is 1.32 bits per heavy atom. The molecule has 0 saturated carbocycles. The first-order chi connectivity index (χ1) is 8.70. The van der Waals surface area contributed by atoms with Crippen LogP contribution in [0, 0.1) is 12.3 Å². The molecule has 0 saturated heterocycles. The first-order valence-electron chi connectivity index (χ1n) is 6.31. The lowest BCUT2D eigenvalue weighted by Crippen LogP contribution is -2.25. The van der Waals surface area contributed by atoms with E-state index in [4.69, 9.17) is 5.73 Å². The van der Waals surface area contributed by atoms with Gasteiger partial charge in [-0.1, -0.05) is 32.4 Å². The van der Waals surface area contributed by atoms with Gasteiger partial charge < -0.3 is 16.4 Å². The van der Waals surface area contributed by atoms with Gasteiger partial charge in [0.15, 0.2) is 0 Å². The summed E-state index contributed by atoms with van der Waals surface area (Å²) in [5, 5.41) is 5.45. The maximum absolute atomic E-state index is 11.8. The number of allylic oxidation sites excluding steroid dienone is 1. The quantitative estimate of drug-likeness (QED) is 0.711. The van der Waals surface area contributed by atoms with Crippen molar-refractivity contribution < 1.29 is 4.79 Å². The Hall–Kier alpha value is -1.97. The number of nitrogen functional groups attached to an aromatic ring is 1. The van der Waals surface area contributed by atoms with Crippen LogP contribution in [-0.4, -0.2) is 6.03 Å². The minimum Gasteiger partial charge on any atom is -0.397 e. The van der Waals surface area contributed by atoms with Crippen molar-refractivity contribution in [3.8, 4) is 0 Å². The summed E-state index contributed by atoms with van der Waals surface area (Å²) in [4.78, 5) is 11.8. The summed E-state index contributed by atoms with van der Waals surface area (Å²) in [6, 6.07) is 5.24. The number of nitrogens with two attached hydrogens (primary N) is 1. The highest BCUT2D eigenvalue weighted by molar-refractivity contribution is 5.93. The molecule has 0 bridgehead atoms. The summed E-state index contributed by atoms with van der Waals surface area (Å²) >= 11 is 0. The van der Waals surface area contributed by atoms with Crippen molar-refractivity contribution >= 4 is 17.4 Å². The van der Waals surface area contributed by atoms with Gasteiger partial charge in [0.2, 0.25) is 0 Å². The van der Waals surface area contributed by atoms with Crippen LogP contribution in [0.25, 0.3) is 0 Å². The van der Waals surface area contributed by atoms with Crippen LogP contribution < -0.4 is 16.4 Å². The third-order valence-corrected chi connectivity index (χ3v) is 3.06. The highest BCUT2D eigenvalue weighted by Crippen LogP contribution is 2.23. The molecule has 104 valence electrons. The number of carbonyl (C=O) groups is 1. The van der Waals surface area contributed by atoms with Crippen LogP contribution >= 0.6 is 0 Å². The van der Waals surface area contributed by atoms with Crippen molar-refractivity contribution in [3.05, 3.63) is 35.5 Å². The van der Waals surface area contributed by atoms with Gasteiger partial charge in [-0.2, -0.15) is 0 Å². The van der Waals surface area contributed by atoms with Crippen molar-refractivity contribution in [2.24, 2.45) is 5.41 Å². The smallest absolute Gasteiger partial charge is 0.323 e. The number of amides is 2. The number of hydrogen-bond donors (Lipinski definition) is 3. The van der Waals surface area contributed by atoms with E-state index in [1.165, 1.54) is 0 Å². The summed E-state index contributed by atoms with van der Waals surface area (Å²) in [7, 11) is 0. The van der Waals surface area contributed by atoms with Gasteiger partial charge in [0.05, 0.1) is 11.4 Å². The monoisotopic (exact) mass is 261 g/mol. The molecule has 0 fully saturated rings. The normalized spacial score (nSPS) is 12.2. The zero-order valence-electron chi connectivity index (χ0n) is 12.3. The van der Waals surface area contributed by atoms with Crippen molar-refractivity contribution in [1.29, 1.82) is 0 Å². The van der Waals surface area contributed by atoms with Gasteiger partial charge in [0.1, 0.15) is 0 Å². The van der Waals surface area contributed by atoms with Gasteiger partial charge in [0.25, 0.3) is 0 Å². The standard InChI is InChI=1S/C15H23N3O/c1-10-6-7-12(16)13(8-10)18-14(19)17-9-11(2)15(3,4)5/h6-9H,16H2,1-5H3,(H2,17,18,19)/b11-9+. The highest BCUT2D eigenvalue weighted by Gasteiger charge is 2.12. The van der Waals surface area contributed by atoms with Crippen LogP contribution in [0.4, 0.5) is 16.2 Å². The average Bonchev–Trinajstić information content (AvgIpc) is 2.29. The lowest BCUT2D eigenvalue weighted by atomic mass is 9.88. The average molecular weight is 261 g/mol. The number of hydrogen-bond acceptors (Lipinski definition) is 2. The van der Waals surface area contributed by atoms with E-state index in [1.54, 1.807) is 12.3 Å². The number of nitrogens with one attached hydrogen (secondary N) is 2. The second-order valence-corrected chi connectivity index (χ2v) is 5.77. The van der Waals surface area contributed by atoms with Crippen LogP contribution in [0.2, 0.25) is 0 Å². The third-order valence-electron chi connectivity index (χ3n) is 3.06. The molecule has 19 heavy (non-hydrogen) atoms. The molecule has 4 heteroatoms. The second kappa shape index (κ2) is 5.78. The summed E-state index contributed by atoms with van der Waals surface area (Å²) in [6.45, 7) is 10.2. The molecule has 0 aliphatic carbocycles. The number of rotatable bonds is 2. The van der Waals surface area contributed by atoms with Crippen molar-refractivity contribution in [2.45, 2.75) is 34.6 Å². The van der Waals surface area contributed by atoms with Crippen LogP contribution in [0.5, 0.6) is 0 Å². The van der Waals surface area contributed by atoms with Crippen molar-refractivity contribution in [3.63, 3.8) is 0 Å². The predicted molar refractivity (Wildman–Crippen MR) is 81.0 cm³/mol. The third kappa shape index (κ3) is 4.66. The van der Waals surface area contributed by atoms with E-state index in [0.29, 0.717) is 11.4 Å². The molecule has 0 atom stereocenters. The fourth-order valence-electron chi connectivity index (χ4n) is 1.33. The van der Waals surface area contributed by atoms with Gasteiger partial charge in [-0.25, -0.2) is 4.79 Å². The Morgan fingerprint density at radius 3 is 2.53 bits per heavy atom. The van der Waals surface area contributed by atoms with Crippen molar-refractivity contribution in [2.75, 3.05) is 11.1 Å². The van der Waals surface area contributed by atoms with Gasteiger partial charge in [-0.3, -0.25) is 0 Å². The Morgan fingerprint density at radius 2 is 1.95 bits per heavy atom. The van der Waals surface area contributed by atoms with Crippen LogP contribution in [-0.2, 0) is 0 Å². The SMILES string of the molecule is C/C(=C\NC(=O)Nc1cc(C)ccc1N)C(C)(C)C. The van der Waals surface area contributed by atoms with Crippen LogP contribution in [0.1, 0.15) is 33.3 Å². The largest absolute Gasteiger partial charge is 0.397 e. The summed E-state index contributed by atoms with van der Waals surface area (Å²) in [5.41, 5.74) is 9.16. The molecule has 1 aromatic rings. The van der Waals surface area contributed by atoms with E-state index in [1.807, 2.05) is 26.0 Å². The first-order valence-corrected chi connectivity index (χ1v) is 6.31. The van der Waals surface area contributed by atoms with Gasteiger partial charge in [0, 0.05) is 6.20 Å². The van der Waals surface area contributed by atoms with Gasteiger partial charge in [-0.05, 0) is 37.0 Å². The van der Waals surface area contributed by atoms with Gasteiger partial charge >= 0.3 is 6.03 Å². The summed E-state index contributed by atoms with van der Waals surface area (Å²) in [6.07, 6.45) is 1.72. The summed E-state index contributed by atoms with van der Waals surface area (Å²) < 4.78 is 0. The van der Waals surface area contributed by atoms with E-state index in [9.17, 15) is 4.79 Å². The molecule has 0 spiro atoms. The number of aryl methyl sites for hydroxylation is 1. The zero-order valence-corrected chi connectivity index (χ0v) is 12.3. The molecular formula is C15H23N3O. The van der Waals surface area contributed by atoms with E-state index in [2.05, 4.69) is 31.4 Å². The number of carbonyl (C=O) groups excluding carboxylic acids is 1. The molecule has 0 unspecified atom stereocenters. The molecule has 0 aliphatic heterocycles. The van der Waals surface area contributed by atoms with E-state index in [0.717, 1.165) is 11.1 Å². The lowest BCUT2D eigenvalue weighted by Gasteiger charge is -2.19. The predicted octanol–water partition coefficient (Wildman–Crippen LogP) is 3.65. The molecule has 0 heterocycles. The first kappa shape index (κ1) is 15.1. The number of benzene rings is 1. The minimum atomic E-state index is -0.291. The van der Waals surface area contributed by atoms with E-state index >= 15 is 0 Å². The Balaban J connectivity index is 2.69. The fraction of sp³-hybridized carbons (Fsp3) is 0.400. The maximum Gasteiger partial charge on any atom is 0.323 e. The second-order valence-electron chi connectivity index (χ2n) is 5.77. The molecule has 1 rings (SSSR count). The molecule has 4 N–H and O–H groups in total. The molecule has 0 radical (unpaired) electrons. The molecule has 2 amide bonds. The number of anilines is 2. The zero-order chi connectivity index (χ0) is 14.6. The van der Waals surface area contributed by atoms with Crippen LogP contribution in [0.3, 0.4) is 0 Å². The Kier molecular flexibility index (Phi) is 4.59. The topological polar surface area (TPSA) is 67.2 Å². The van der Waals surface area contributed by atoms with Gasteiger partial charge in [-0.15, -0.1) is 0 Å². The summed E-state index contributed by atoms with van der Waals surface area (Å²) in [5.74, 6) is 0. The molecule has 0 aromatic heterocycles. The molecule has 4 nitrogen and oxygen atoms in total. The number of urea groups is 1.